The fourth-order valence-electron chi connectivity index (χ4n) is 1.56. The molecule has 4 nitrogen and oxygen atoms in total. The van der Waals surface area contributed by atoms with Crippen molar-refractivity contribution in [2.45, 2.75) is 13.5 Å². The van der Waals surface area contributed by atoms with Crippen molar-refractivity contribution in [1.29, 1.82) is 0 Å². The Hall–Kier alpha value is -1.50. The van der Waals surface area contributed by atoms with Crippen molar-refractivity contribution >= 4 is 28.6 Å². The predicted molar refractivity (Wildman–Crippen MR) is 78.3 cm³/mol. The van der Waals surface area contributed by atoms with Crippen LogP contribution in [0.5, 0.6) is 5.75 Å². The Bertz CT molecular complexity index is 572. The molecular weight excluding hydrogens is 359 g/mol. The van der Waals surface area contributed by atoms with Gasteiger partial charge in [-0.05, 0) is 59.8 Å². The number of aryl methyl sites for hydroxylation is 1. The minimum absolute atomic E-state index is 0.196. The number of esters is 1. The predicted octanol–water partition coefficient (Wildman–Crippen LogP) is 3.56. The van der Waals surface area contributed by atoms with Crippen molar-refractivity contribution in [2.75, 3.05) is 7.11 Å². The summed E-state index contributed by atoms with van der Waals surface area (Å²) in [5.41, 5.74) is 0.832. The van der Waals surface area contributed by atoms with Crippen LogP contribution in [0.3, 0.4) is 0 Å². The first-order chi connectivity index (χ1) is 9.10. The quantitative estimate of drug-likeness (QED) is 0.608. The summed E-state index contributed by atoms with van der Waals surface area (Å²) in [6.45, 7) is 2.14. The van der Waals surface area contributed by atoms with Crippen molar-refractivity contribution in [3.8, 4) is 5.75 Å². The number of furan rings is 1. The maximum absolute atomic E-state index is 11.3. The van der Waals surface area contributed by atoms with Gasteiger partial charge in [0.2, 0.25) is 5.76 Å². The van der Waals surface area contributed by atoms with Gasteiger partial charge in [-0.1, -0.05) is 0 Å². The van der Waals surface area contributed by atoms with Crippen LogP contribution >= 0.6 is 22.6 Å². The molecule has 5 heteroatoms. The van der Waals surface area contributed by atoms with Gasteiger partial charge in [-0.25, -0.2) is 4.79 Å². The van der Waals surface area contributed by atoms with Gasteiger partial charge < -0.3 is 13.9 Å². The van der Waals surface area contributed by atoms with E-state index in [1.165, 1.54) is 7.11 Å². The molecule has 0 aliphatic carbocycles. The molecule has 0 saturated carbocycles. The van der Waals surface area contributed by atoms with Gasteiger partial charge in [0, 0.05) is 9.13 Å². The standard InChI is InChI=1S/C14H13IO4/c1-9-10(7-13(19-9)14(16)17-2)8-18-12-5-3-11(15)4-6-12/h3-7H,8H2,1-2H3. The molecule has 1 heterocycles. The molecule has 2 rings (SSSR count). The molecule has 0 bridgehead atoms. The van der Waals surface area contributed by atoms with Crippen LogP contribution in [0.1, 0.15) is 21.9 Å². The summed E-state index contributed by atoms with van der Waals surface area (Å²) in [5, 5.41) is 0. The summed E-state index contributed by atoms with van der Waals surface area (Å²) < 4.78 is 16.7. The molecule has 0 unspecified atom stereocenters. The van der Waals surface area contributed by atoms with Gasteiger partial charge in [-0.3, -0.25) is 0 Å². The molecule has 0 aliphatic rings. The third kappa shape index (κ3) is 3.50. The molecule has 0 radical (unpaired) electrons. The monoisotopic (exact) mass is 372 g/mol. The smallest absolute Gasteiger partial charge is 0.373 e. The van der Waals surface area contributed by atoms with Crippen LogP contribution in [0.25, 0.3) is 0 Å². The van der Waals surface area contributed by atoms with E-state index in [4.69, 9.17) is 9.15 Å². The van der Waals surface area contributed by atoms with Crippen LogP contribution in [0, 0.1) is 10.5 Å². The van der Waals surface area contributed by atoms with E-state index in [1.54, 1.807) is 13.0 Å². The minimum Gasteiger partial charge on any atom is -0.489 e. The average molecular weight is 372 g/mol. The van der Waals surface area contributed by atoms with Crippen LogP contribution in [0.4, 0.5) is 0 Å². The molecule has 0 fully saturated rings. The highest BCUT2D eigenvalue weighted by Crippen LogP contribution is 2.19. The topological polar surface area (TPSA) is 48.7 Å². The van der Waals surface area contributed by atoms with Crippen molar-refractivity contribution < 1.29 is 18.7 Å². The Labute approximate surface area is 124 Å². The van der Waals surface area contributed by atoms with Gasteiger partial charge in [-0.15, -0.1) is 0 Å². The number of benzene rings is 1. The maximum atomic E-state index is 11.3. The van der Waals surface area contributed by atoms with Gasteiger partial charge in [0.15, 0.2) is 0 Å². The second kappa shape index (κ2) is 6.10. The maximum Gasteiger partial charge on any atom is 0.373 e. The fraction of sp³-hybridized carbons (Fsp3) is 0.214. The molecule has 100 valence electrons. The van der Waals surface area contributed by atoms with E-state index in [9.17, 15) is 4.79 Å². The Morgan fingerprint density at radius 1 is 1.32 bits per heavy atom. The number of carbonyl (C=O) groups excluding carboxylic acids is 1. The fourth-order valence-corrected chi connectivity index (χ4v) is 1.92. The first-order valence-electron chi connectivity index (χ1n) is 5.66. The van der Waals surface area contributed by atoms with Crippen molar-refractivity contribution in [3.05, 3.63) is 51.0 Å². The Morgan fingerprint density at radius 2 is 2.00 bits per heavy atom. The third-order valence-corrected chi connectivity index (χ3v) is 3.33. The van der Waals surface area contributed by atoms with E-state index >= 15 is 0 Å². The first kappa shape index (κ1) is 13.9. The number of halogens is 1. The lowest BCUT2D eigenvalue weighted by Crippen LogP contribution is -1.99. The first-order valence-corrected chi connectivity index (χ1v) is 6.74. The molecule has 0 aliphatic heterocycles. The highest BCUT2D eigenvalue weighted by molar-refractivity contribution is 14.1. The van der Waals surface area contributed by atoms with E-state index in [1.807, 2.05) is 24.3 Å². The SMILES string of the molecule is COC(=O)c1cc(COc2ccc(I)cc2)c(C)o1. The van der Waals surface area contributed by atoms with E-state index < -0.39 is 5.97 Å². The average Bonchev–Trinajstić information content (AvgIpc) is 2.79. The zero-order valence-corrected chi connectivity index (χ0v) is 12.8. The Balaban J connectivity index is 2.05. The second-order valence-corrected chi connectivity index (χ2v) is 5.17. The van der Waals surface area contributed by atoms with Gasteiger partial charge in [0.1, 0.15) is 18.1 Å². The number of hydrogen-bond acceptors (Lipinski definition) is 4. The molecular formula is C14H13IO4. The second-order valence-electron chi connectivity index (χ2n) is 3.93. The van der Waals surface area contributed by atoms with E-state index in [2.05, 4.69) is 27.3 Å². The van der Waals surface area contributed by atoms with Crippen LogP contribution in [0.2, 0.25) is 0 Å². The normalized spacial score (nSPS) is 10.3. The van der Waals surface area contributed by atoms with Gasteiger partial charge >= 0.3 is 5.97 Å². The van der Waals surface area contributed by atoms with Gasteiger partial charge in [-0.2, -0.15) is 0 Å². The summed E-state index contributed by atoms with van der Waals surface area (Å²) in [4.78, 5) is 11.3. The van der Waals surface area contributed by atoms with Crippen LogP contribution in [-0.2, 0) is 11.3 Å². The van der Waals surface area contributed by atoms with E-state index in [0.717, 1.165) is 14.9 Å². The molecule has 0 spiro atoms. The van der Waals surface area contributed by atoms with Crippen molar-refractivity contribution in [2.24, 2.45) is 0 Å². The number of rotatable bonds is 4. The van der Waals surface area contributed by atoms with Crippen LogP contribution in [0.15, 0.2) is 34.7 Å². The zero-order chi connectivity index (χ0) is 13.8. The molecule has 19 heavy (non-hydrogen) atoms. The van der Waals surface area contributed by atoms with Crippen LogP contribution in [-0.4, -0.2) is 13.1 Å². The lowest BCUT2D eigenvalue weighted by atomic mass is 10.2. The highest BCUT2D eigenvalue weighted by atomic mass is 127. The number of ether oxygens (including phenoxy) is 2. The third-order valence-electron chi connectivity index (χ3n) is 2.62. The molecule has 1 aromatic heterocycles. The highest BCUT2D eigenvalue weighted by Gasteiger charge is 2.14. The number of carbonyl (C=O) groups is 1. The van der Waals surface area contributed by atoms with E-state index in [-0.39, 0.29) is 5.76 Å². The molecule has 0 saturated heterocycles. The number of hydrogen-bond donors (Lipinski definition) is 0. The van der Waals surface area contributed by atoms with Gasteiger partial charge in [0.25, 0.3) is 0 Å². The minimum atomic E-state index is -0.483. The molecule has 2 aromatic rings. The molecule has 0 N–H and O–H groups in total. The Kier molecular flexibility index (Phi) is 4.47. The van der Waals surface area contributed by atoms with Crippen molar-refractivity contribution in [3.63, 3.8) is 0 Å². The lowest BCUT2D eigenvalue weighted by molar-refractivity contribution is 0.0563. The zero-order valence-electron chi connectivity index (χ0n) is 10.6. The summed E-state index contributed by atoms with van der Waals surface area (Å²) in [7, 11) is 1.32. The summed E-state index contributed by atoms with van der Waals surface area (Å²) in [6.07, 6.45) is 0. The number of methoxy groups -OCH3 is 1. The summed E-state index contributed by atoms with van der Waals surface area (Å²) in [5.74, 6) is 1.15. The lowest BCUT2D eigenvalue weighted by Gasteiger charge is -2.04. The molecule has 1 aromatic carbocycles. The van der Waals surface area contributed by atoms with Gasteiger partial charge in [0.05, 0.1) is 7.11 Å². The molecule has 0 amide bonds. The van der Waals surface area contributed by atoms with E-state index in [0.29, 0.717) is 12.4 Å². The van der Waals surface area contributed by atoms with Crippen LogP contribution < -0.4 is 4.74 Å². The largest absolute Gasteiger partial charge is 0.489 e. The summed E-state index contributed by atoms with van der Waals surface area (Å²) in [6, 6.07) is 9.39. The Morgan fingerprint density at radius 3 is 2.63 bits per heavy atom. The summed E-state index contributed by atoms with van der Waals surface area (Å²) >= 11 is 2.23. The van der Waals surface area contributed by atoms with Crippen molar-refractivity contribution in [1.82, 2.24) is 0 Å². The molecule has 0 atom stereocenters.